The summed E-state index contributed by atoms with van der Waals surface area (Å²) in [5.41, 5.74) is 1.40. The largest absolute Gasteiger partial charge is 0.298 e. The lowest BCUT2D eigenvalue weighted by molar-refractivity contribution is -0.384. The fourth-order valence-electron chi connectivity index (χ4n) is 2.64. The van der Waals surface area contributed by atoms with Gasteiger partial charge in [-0.05, 0) is 28.5 Å². The molecule has 0 saturated carbocycles. The lowest BCUT2D eigenvalue weighted by Gasteiger charge is -2.10. The second-order valence-electron chi connectivity index (χ2n) is 4.97. The maximum absolute atomic E-state index is 11.6. The molecule has 0 atom stereocenters. The van der Waals surface area contributed by atoms with Crippen LogP contribution in [0, 0.1) is 21.4 Å². The second kappa shape index (κ2) is 5.70. The molecule has 110 valence electrons. The van der Waals surface area contributed by atoms with Crippen molar-refractivity contribution in [2.75, 3.05) is 0 Å². The maximum atomic E-state index is 11.6. The van der Waals surface area contributed by atoms with Gasteiger partial charge in [-0.3, -0.25) is 14.9 Å². The molecule has 0 aliphatic rings. The van der Waals surface area contributed by atoms with Gasteiger partial charge in [-0.2, -0.15) is 5.26 Å². The average molecular weight is 302 g/mol. The van der Waals surface area contributed by atoms with Gasteiger partial charge in [0.25, 0.3) is 5.69 Å². The highest BCUT2D eigenvalue weighted by Crippen LogP contribution is 2.37. The molecule has 0 aliphatic heterocycles. The van der Waals surface area contributed by atoms with Crippen molar-refractivity contribution in [3.8, 4) is 17.2 Å². The predicted octanol–water partition coefficient (Wildman–Crippen LogP) is 4.10. The van der Waals surface area contributed by atoms with Crippen LogP contribution in [0.3, 0.4) is 0 Å². The summed E-state index contributed by atoms with van der Waals surface area (Å²) in [6.07, 6.45) is 0.642. The fourth-order valence-corrected chi connectivity index (χ4v) is 2.64. The third-order valence-electron chi connectivity index (χ3n) is 3.69. The third-order valence-corrected chi connectivity index (χ3v) is 3.69. The van der Waals surface area contributed by atoms with E-state index in [0.29, 0.717) is 28.2 Å². The summed E-state index contributed by atoms with van der Waals surface area (Å²) in [4.78, 5) is 22.6. The highest BCUT2D eigenvalue weighted by Gasteiger charge is 2.22. The number of rotatable bonds is 3. The molecule has 0 fully saturated rings. The number of nitro groups is 1. The van der Waals surface area contributed by atoms with Crippen LogP contribution in [0.25, 0.3) is 21.9 Å². The zero-order valence-electron chi connectivity index (χ0n) is 11.9. The van der Waals surface area contributed by atoms with Crippen molar-refractivity contribution in [3.63, 3.8) is 0 Å². The topological polar surface area (TPSA) is 84.0 Å². The van der Waals surface area contributed by atoms with E-state index in [-0.39, 0.29) is 16.8 Å². The second-order valence-corrected chi connectivity index (χ2v) is 4.97. The normalized spacial score (nSPS) is 10.2. The highest BCUT2D eigenvalue weighted by molar-refractivity contribution is 6.07. The average Bonchev–Trinajstić information content (AvgIpc) is 2.60. The Morgan fingerprint density at radius 1 is 1.09 bits per heavy atom. The van der Waals surface area contributed by atoms with Gasteiger partial charge >= 0.3 is 0 Å². The monoisotopic (exact) mass is 302 g/mol. The van der Waals surface area contributed by atoms with Gasteiger partial charge < -0.3 is 0 Å². The van der Waals surface area contributed by atoms with Crippen molar-refractivity contribution in [1.82, 2.24) is 0 Å². The fraction of sp³-hybridized carbons (Fsp3) is 0. The number of fused-ring (bicyclic) bond motifs is 1. The molecule has 5 nitrogen and oxygen atoms in total. The number of nitro benzene ring substituents is 1. The minimum atomic E-state index is -0.493. The molecule has 3 rings (SSSR count). The van der Waals surface area contributed by atoms with Crippen LogP contribution in [0.2, 0.25) is 0 Å². The summed E-state index contributed by atoms with van der Waals surface area (Å²) in [6, 6.07) is 16.9. The van der Waals surface area contributed by atoms with E-state index in [1.165, 1.54) is 6.07 Å². The highest BCUT2D eigenvalue weighted by atomic mass is 16.6. The van der Waals surface area contributed by atoms with Crippen LogP contribution in [0.1, 0.15) is 15.9 Å². The first-order valence-electron chi connectivity index (χ1n) is 6.81. The summed E-state index contributed by atoms with van der Waals surface area (Å²) >= 11 is 0. The Hall–Kier alpha value is -3.52. The van der Waals surface area contributed by atoms with Crippen molar-refractivity contribution in [2.45, 2.75) is 0 Å². The first-order valence-corrected chi connectivity index (χ1v) is 6.81. The quantitative estimate of drug-likeness (QED) is 0.414. The van der Waals surface area contributed by atoms with Crippen LogP contribution in [0.15, 0.2) is 54.6 Å². The van der Waals surface area contributed by atoms with Crippen molar-refractivity contribution in [2.24, 2.45) is 0 Å². The number of carbonyl (C=O) groups excluding carboxylic acids is 1. The summed E-state index contributed by atoms with van der Waals surface area (Å²) in [5, 5.41) is 21.6. The van der Waals surface area contributed by atoms with Crippen molar-refractivity contribution < 1.29 is 9.72 Å². The van der Waals surface area contributed by atoms with Crippen LogP contribution in [0.4, 0.5) is 5.69 Å². The standard InChI is InChI=1S/C18H10N2O3/c19-10-12-5-7-13(8-6-12)18-16(11-21)15-4-2-1-3-14(15)9-17(18)20(22)23/h1-9,11H. The van der Waals surface area contributed by atoms with E-state index in [4.69, 9.17) is 5.26 Å². The maximum Gasteiger partial charge on any atom is 0.278 e. The Kier molecular flexibility index (Phi) is 3.57. The molecule has 0 aromatic heterocycles. The smallest absolute Gasteiger partial charge is 0.278 e. The van der Waals surface area contributed by atoms with Gasteiger partial charge in [-0.15, -0.1) is 0 Å². The van der Waals surface area contributed by atoms with Gasteiger partial charge in [-0.1, -0.05) is 36.4 Å². The van der Waals surface area contributed by atoms with Crippen molar-refractivity contribution in [3.05, 3.63) is 75.8 Å². The van der Waals surface area contributed by atoms with Crippen LogP contribution in [0.5, 0.6) is 0 Å². The number of hydrogen-bond donors (Lipinski definition) is 0. The summed E-state index contributed by atoms with van der Waals surface area (Å²) in [6.45, 7) is 0. The number of benzene rings is 3. The third kappa shape index (κ3) is 2.43. The van der Waals surface area contributed by atoms with Crippen molar-refractivity contribution in [1.29, 1.82) is 5.26 Å². The first-order chi connectivity index (χ1) is 11.2. The molecule has 0 heterocycles. The van der Waals surface area contributed by atoms with Gasteiger partial charge in [0, 0.05) is 11.6 Å². The lowest BCUT2D eigenvalue weighted by atomic mass is 9.92. The predicted molar refractivity (Wildman–Crippen MR) is 86.1 cm³/mol. The molecule has 0 N–H and O–H groups in total. The SMILES string of the molecule is N#Cc1ccc(-c2c([N+](=O)[O-])cc3ccccc3c2C=O)cc1. The lowest BCUT2D eigenvalue weighted by Crippen LogP contribution is -1.98. The van der Waals surface area contributed by atoms with Gasteiger partial charge in [-0.25, -0.2) is 0 Å². The Morgan fingerprint density at radius 2 is 1.78 bits per heavy atom. The van der Waals surface area contributed by atoms with E-state index in [2.05, 4.69) is 0 Å². The van der Waals surface area contributed by atoms with E-state index in [0.717, 1.165) is 0 Å². The molecule has 0 radical (unpaired) electrons. The van der Waals surface area contributed by atoms with E-state index < -0.39 is 4.92 Å². The van der Waals surface area contributed by atoms with Gasteiger partial charge in [0.05, 0.1) is 22.1 Å². The minimum absolute atomic E-state index is 0.129. The van der Waals surface area contributed by atoms with Crippen LogP contribution < -0.4 is 0 Å². The number of nitriles is 1. The molecule has 0 spiro atoms. The number of aldehydes is 1. The summed E-state index contributed by atoms with van der Waals surface area (Å²) < 4.78 is 0. The summed E-state index contributed by atoms with van der Waals surface area (Å²) in [5.74, 6) is 0. The van der Waals surface area contributed by atoms with Crippen LogP contribution in [-0.4, -0.2) is 11.2 Å². The van der Waals surface area contributed by atoms with Gasteiger partial charge in [0.2, 0.25) is 0 Å². The van der Waals surface area contributed by atoms with Gasteiger partial charge in [0.1, 0.15) is 0 Å². The molecule has 5 heteroatoms. The molecule has 23 heavy (non-hydrogen) atoms. The Balaban J connectivity index is 2.41. The van der Waals surface area contributed by atoms with E-state index >= 15 is 0 Å². The zero-order valence-corrected chi connectivity index (χ0v) is 11.9. The number of hydrogen-bond acceptors (Lipinski definition) is 4. The first kappa shape index (κ1) is 14.4. The Morgan fingerprint density at radius 3 is 2.39 bits per heavy atom. The van der Waals surface area contributed by atoms with E-state index in [1.807, 2.05) is 6.07 Å². The molecular formula is C18H10N2O3. The zero-order chi connectivity index (χ0) is 16.4. The molecule has 0 bridgehead atoms. The van der Waals surface area contributed by atoms with Crippen molar-refractivity contribution >= 4 is 22.7 Å². The number of carbonyl (C=O) groups is 1. The minimum Gasteiger partial charge on any atom is -0.298 e. The molecule has 0 amide bonds. The Labute approximate surface area is 131 Å². The summed E-state index contributed by atoms with van der Waals surface area (Å²) in [7, 11) is 0. The molecular weight excluding hydrogens is 292 g/mol. The molecule has 0 unspecified atom stereocenters. The Bertz CT molecular complexity index is 970. The molecule has 0 aliphatic carbocycles. The van der Waals surface area contributed by atoms with Gasteiger partial charge in [0.15, 0.2) is 6.29 Å². The van der Waals surface area contributed by atoms with E-state index in [9.17, 15) is 14.9 Å². The molecule has 3 aromatic carbocycles. The van der Waals surface area contributed by atoms with E-state index in [1.54, 1.807) is 48.5 Å². The molecule has 3 aromatic rings. The van der Waals surface area contributed by atoms with Crippen LogP contribution >= 0.6 is 0 Å². The number of nitrogens with zero attached hydrogens (tertiary/aromatic N) is 2. The van der Waals surface area contributed by atoms with Crippen LogP contribution in [-0.2, 0) is 0 Å². The molecule has 0 saturated heterocycles.